The SMILES string of the molecule is Cc1ccc(N(CC(=O)NC[C@@H]2COc3ccccc3O2)S(=O)(=O)c2ccccc2)cc1Cl. The van der Waals surface area contributed by atoms with Crippen molar-refractivity contribution in [2.75, 3.05) is 24.0 Å². The summed E-state index contributed by atoms with van der Waals surface area (Å²) in [7, 11) is -4.00. The fourth-order valence-corrected chi connectivity index (χ4v) is 4.96. The van der Waals surface area contributed by atoms with Gasteiger partial charge in [-0.25, -0.2) is 8.42 Å². The third-order valence-electron chi connectivity index (χ3n) is 5.16. The van der Waals surface area contributed by atoms with Crippen LogP contribution in [0, 0.1) is 6.92 Å². The molecule has 1 aliphatic heterocycles. The van der Waals surface area contributed by atoms with E-state index in [9.17, 15) is 13.2 Å². The van der Waals surface area contributed by atoms with Gasteiger partial charge < -0.3 is 14.8 Å². The maximum atomic E-state index is 13.4. The fraction of sp³-hybridized carbons (Fsp3) is 0.208. The second kappa shape index (κ2) is 9.72. The van der Waals surface area contributed by atoms with Crippen LogP contribution < -0.4 is 19.1 Å². The van der Waals surface area contributed by atoms with Gasteiger partial charge in [-0.2, -0.15) is 0 Å². The molecule has 3 aromatic carbocycles. The largest absolute Gasteiger partial charge is 0.486 e. The van der Waals surface area contributed by atoms with E-state index in [0.717, 1.165) is 9.87 Å². The Morgan fingerprint density at radius 2 is 1.76 bits per heavy atom. The van der Waals surface area contributed by atoms with Crippen molar-refractivity contribution in [1.29, 1.82) is 0 Å². The maximum Gasteiger partial charge on any atom is 0.264 e. The van der Waals surface area contributed by atoms with Gasteiger partial charge in [0.05, 0.1) is 17.1 Å². The number of nitrogens with one attached hydrogen (secondary N) is 1. The summed E-state index contributed by atoms with van der Waals surface area (Å²) >= 11 is 6.24. The number of sulfonamides is 1. The number of amides is 1. The van der Waals surface area contributed by atoms with E-state index in [-0.39, 0.29) is 18.0 Å². The van der Waals surface area contributed by atoms with Crippen LogP contribution in [0.5, 0.6) is 11.5 Å². The van der Waals surface area contributed by atoms with Crippen LogP contribution in [0.15, 0.2) is 77.7 Å². The summed E-state index contributed by atoms with van der Waals surface area (Å²) in [5, 5.41) is 3.16. The molecule has 0 aliphatic carbocycles. The van der Waals surface area contributed by atoms with Gasteiger partial charge in [0, 0.05) is 5.02 Å². The number of hydrogen-bond donors (Lipinski definition) is 1. The van der Waals surface area contributed by atoms with Crippen molar-refractivity contribution in [2.45, 2.75) is 17.9 Å². The molecule has 9 heteroatoms. The number of nitrogens with zero attached hydrogens (tertiary/aromatic N) is 1. The van der Waals surface area contributed by atoms with Gasteiger partial charge in [-0.05, 0) is 48.9 Å². The highest BCUT2D eigenvalue weighted by Crippen LogP contribution is 2.31. The van der Waals surface area contributed by atoms with Gasteiger partial charge in [0.2, 0.25) is 5.91 Å². The number of carbonyl (C=O) groups is 1. The van der Waals surface area contributed by atoms with Crippen LogP contribution in [0.1, 0.15) is 5.56 Å². The lowest BCUT2D eigenvalue weighted by atomic mass is 10.2. The monoisotopic (exact) mass is 486 g/mol. The highest BCUT2D eigenvalue weighted by molar-refractivity contribution is 7.92. The Kier molecular flexibility index (Phi) is 6.76. The number of halogens is 1. The molecule has 0 unspecified atom stereocenters. The Hall–Kier alpha value is -3.23. The number of anilines is 1. The predicted octanol–water partition coefficient (Wildman–Crippen LogP) is 3.80. The summed E-state index contributed by atoms with van der Waals surface area (Å²) in [5.74, 6) is 0.774. The van der Waals surface area contributed by atoms with Crippen LogP contribution in [-0.4, -0.2) is 40.1 Å². The average molecular weight is 487 g/mol. The fourth-order valence-electron chi connectivity index (χ4n) is 3.35. The van der Waals surface area contributed by atoms with Crippen LogP contribution in [0.4, 0.5) is 5.69 Å². The first-order valence-corrected chi connectivity index (χ1v) is 12.2. The van der Waals surface area contributed by atoms with Gasteiger partial charge in [0.15, 0.2) is 11.5 Å². The zero-order valence-corrected chi connectivity index (χ0v) is 19.5. The molecule has 4 rings (SSSR count). The molecule has 33 heavy (non-hydrogen) atoms. The van der Waals surface area contributed by atoms with Gasteiger partial charge >= 0.3 is 0 Å². The molecule has 1 aliphatic rings. The summed E-state index contributed by atoms with van der Waals surface area (Å²) in [6, 6.07) is 20.1. The Bertz CT molecular complexity index is 1250. The molecule has 0 saturated heterocycles. The second-order valence-corrected chi connectivity index (χ2v) is 9.83. The normalized spacial score (nSPS) is 15.0. The highest BCUT2D eigenvalue weighted by Gasteiger charge is 2.28. The quantitative estimate of drug-likeness (QED) is 0.549. The summed E-state index contributed by atoms with van der Waals surface area (Å²) in [4.78, 5) is 12.9. The molecule has 1 atom stereocenters. The minimum absolute atomic E-state index is 0.0788. The summed E-state index contributed by atoms with van der Waals surface area (Å²) in [5.41, 5.74) is 1.10. The van der Waals surface area contributed by atoms with Crippen LogP contribution in [0.3, 0.4) is 0 Å². The first-order valence-electron chi connectivity index (χ1n) is 10.3. The van der Waals surface area contributed by atoms with Gasteiger partial charge in [-0.15, -0.1) is 0 Å². The lowest BCUT2D eigenvalue weighted by molar-refractivity contribution is -0.120. The van der Waals surface area contributed by atoms with Gasteiger partial charge in [-0.3, -0.25) is 9.10 Å². The van der Waals surface area contributed by atoms with Crippen LogP contribution in [0.25, 0.3) is 0 Å². The smallest absolute Gasteiger partial charge is 0.264 e. The molecule has 0 spiro atoms. The molecule has 0 saturated carbocycles. The van der Waals surface area contributed by atoms with E-state index in [1.165, 1.54) is 12.1 Å². The molecule has 1 heterocycles. The first kappa shape index (κ1) is 22.9. The number of rotatable bonds is 7. The third kappa shape index (κ3) is 5.23. The minimum Gasteiger partial charge on any atom is -0.486 e. The van der Waals surface area contributed by atoms with Crippen molar-refractivity contribution in [3.63, 3.8) is 0 Å². The highest BCUT2D eigenvalue weighted by atomic mass is 35.5. The van der Waals surface area contributed by atoms with E-state index < -0.39 is 28.6 Å². The maximum absolute atomic E-state index is 13.4. The van der Waals surface area contributed by atoms with E-state index in [1.54, 1.807) is 42.5 Å². The van der Waals surface area contributed by atoms with Crippen LogP contribution >= 0.6 is 11.6 Å². The van der Waals surface area contributed by atoms with E-state index in [0.29, 0.717) is 22.2 Å². The average Bonchev–Trinajstić information content (AvgIpc) is 2.83. The number of ether oxygens (including phenoxy) is 2. The van der Waals surface area contributed by atoms with Gasteiger partial charge in [0.1, 0.15) is 19.3 Å². The zero-order valence-electron chi connectivity index (χ0n) is 17.9. The molecule has 0 radical (unpaired) electrons. The number of aryl methyl sites for hydroxylation is 1. The molecule has 7 nitrogen and oxygen atoms in total. The Morgan fingerprint density at radius 1 is 1.06 bits per heavy atom. The molecular weight excluding hydrogens is 464 g/mol. The molecule has 172 valence electrons. The van der Waals surface area contributed by atoms with Crippen molar-refractivity contribution in [3.05, 3.63) is 83.4 Å². The molecule has 1 N–H and O–H groups in total. The number of carbonyl (C=O) groups excluding carboxylic acids is 1. The van der Waals surface area contributed by atoms with Crippen molar-refractivity contribution in [1.82, 2.24) is 5.32 Å². The summed E-state index contributed by atoms with van der Waals surface area (Å²) < 4.78 is 39.3. The first-order chi connectivity index (χ1) is 15.8. The lowest BCUT2D eigenvalue weighted by Gasteiger charge is -2.27. The standard InChI is InChI=1S/C24H23ClN2O5S/c1-17-11-12-18(13-21(17)25)27(33(29,30)20-7-3-2-4-8-20)15-24(28)26-14-19-16-31-22-9-5-6-10-23(22)32-19/h2-13,19H,14-16H2,1H3,(H,26,28)/t19-/m1/s1. The number of para-hydroxylation sites is 2. The van der Waals surface area contributed by atoms with E-state index in [2.05, 4.69) is 5.32 Å². The lowest BCUT2D eigenvalue weighted by Crippen LogP contribution is -2.45. The molecule has 0 aromatic heterocycles. The van der Waals surface area contributed by atoms with Crippen molar-refractivity contribution < 1.29 is 22.7 Å². The van der Waals surface area contributed by atoms with Crippen molar-refractivity contribution >= 4 is 33.2 Å². The van der Waals surface area contributed by atoms with E-state index in [1.807, 2.05) is 25.1 Å². The molecular formula is C24H23ClN2O5S. The number of fused-ring (bicyclic) bond motifs is 1. The number of hydrogen-bond acceptors (Lipinski definition) is 5. The second-order valence-electron chi connectivity index (χ2n) is 7.56. The molecule has 3 aromatic rings. The topological polar surface area (TPSA) is 84.9 Å². The Labute approximate surface area is 197 Å². The Balaban J connectivity index is 1.50. The molecule has 0 bridgehead atoms. The van der Waals surface area contributed by atoms with Crippen molar-refractivity contribution in [3.8, 4) is 11.5 Å². The van der Waals surface area contributed by atoms with E-state index >= 15 is 0 Å². The minimum atomic E-state index is -4.00. The molecule has 0 fully saturated rings. The number of benzene rings is 3. The predicted molar refractivity (Wildman–Crippen MR) is 127 cm³/mol. The van der Waals surface area contributed by atoms with Crippen LogP contribution in [-0.2, 0) is 14.8 Å². The molecule has 1 amide bonds. The Morgan fingerprint density at radius 3 is 2.48 bits per heavy atom. The summed E-state index contributed by atoms with van der Waals surface area (Å²) in [6.07, 6.45) is -0.392. The zero-order chi connectivity index (χ0) is 23.4. The van der Waals surface area contributed by atoms with Gasteiger partial charge in [-0.1, -0.05) is 48.0 Å². The van der Waals surface area contributed by atoms with Crippen molar-refractivity contribution in [2.24, 2.45) is 0 Å². The van der Waals surface area contributed by atoms with Gasteiger partial charge in [0.25, 0.3) is 10.0 Å². The van der Waals surface area contributed by atoms with Crippen LogP contribution in [0.2, 0.25) is 5.02 Å². The van der Waals surface area contributed by atoms with E-state index in [4.69, 9.17) is 21.1 Å². The third-order valence-corrected chi connectivity index (χ3v) is 7.35. The summed E-state index contributed by atoms with van der Waals surface area (Å²) in [6.45, 7) is 1.85.